The van der Waals surface area contributed by atoms with Crippen LogP contribution < -0.4 is 15.0 Å². The molecule has 0 bridgehead atoms. The maximum atomic E-state index is 13.0. The minimum atomic E-state index is -4.56. The lowest BCUT2D eigenvalue weighted by Crippen LogP contribution is -2.42. The second kappa shape index (κ2) is 8.78. The first-order valence-electron chi connectivity index (χ1n) is 9.50. The maximum Gasteiger partial charge on any atom is 0.433 e. The summed E-state index contributed by atoms with van der Waals surface area (Å²) in [5.41, 5.74) is -0.379. The van der Waals surface area contributed by atoms with E-state index in [0.29, 0.717) is 11.4 Å². The third-order valence-electron chi connectivity index (χ3n) is 4.91. The molecule has 1 aliphatic heterocycles. The predicted octanol–water partition coefficient (Wildman–Crippen LogP) is 3.41. The number of hydrogen-bond donors (Lipinski definition) is 1. The smallest absolute Gasteiger partial charge is 0.433 e. The summed E-state index contributed by atoms with van der Waals surface area (Å²) in [4.78, 5) is 35.7. The SMILES string of the molecule is COc1cncc(NC(=O)CN2C(=O)N(c3ccc(C(F)(F)F)nc3)C[C@@H]2C(C)C)c1. The van der Waals surface area contributed by atoms with E-state index in [9.17, 15) is 22.8 Å². The van der Waals surface area contributed by atoms with Crippen LogP contribution in [0.2, 0.25) is 0 Å². The Morgan fingerprint density at radius 3 is 2.61 bits per heavy atom. The summed E-state index contributed by atoms with van der Waals surface area (Å²) in [6.07, 6.45) is -0.604. The highest BCUT2D eigenvalue weighted by molar-refractivity contribution is 5.99. The molecular weight excluding hydrogens is 415 g/mol. The van der Waals surface area contributed by atoms with Gasteiger partial charge in [-0.3, -0.25) is 14.7 Å². The number of carbonyl (C=O) groups is 2. The summed E-state index contributed by atoms with van der Waals surface area (Å²) in [6, 6.07) is 2.86. The topological polar surface area (TPSA) is 87.7 Å². The minimum absolute atomic E-state index is 0.0163. The van der Waals surface area contributed by atoms with E-state index in [4.69, 9.17) is 4.74 Å². The lowest BCUT2D eigenvalue weighted by molar-refractivity contribution is -0.141. The molecular formula is C20H22F3N5O3. The summed E-state index contributed by atoms with van der Waals surface area (Å²) in [7, 11) is 1.48. The number of hydrogen-bond acceptors (Lipinski definition) is 5. The van der Waals surface area contributed by atoms with Gasteiger partial charge in [0.15, 0.2) is 0 Å². The van der Waals surface area contributed by atoms with E-state index in [0.717, 1.165) is 12.3 Å². The van der Waals surface area contributed by atoms with Crippen molar-refractivity contribution < 1.29 is 27.5 Å². The van der Waals surface area contributed by atoms with Gasteiger partial charge in [0, 0.05) is 12.6 Å². The average Bonchev–Trinajstić information content (AvgIpc) is 3.04. The number of amides is 3. The minimum Gasteiger partial charge on any atom is -0.495 e. The van der Waals surface area contributed by atoms with Crippen LogP contribution in [-0.2, 0) is 11.0 Å². The van der Waals surface area contributed by atoms with Gasteiger partial charge in [-0.1, -0.05) is 13.8 Å². The van der Waals surface area contributed by atoms with E-state index in [2.05, 4.69) is 15.3 Å². The van der Waals surface area contributed by atoms with Crippen molar-refractivity contribution in [1.29, 1.82) is 0 Å². The van der Waals surface area contributed by atoms with Crippen LogP contribution in [0.4, 0.5) is 29.3 Å². The lowest BCUT2D eigenvalue weighted by Gasteiger charge is -2.25. The second-order valence-electron chi connectivity index (χ2n) is 7.39. The molecule has 31 heavy (non-hydrogen) atoms. The molecule has 0 spiro atoms. The van der Waals surface area contributed by atoms with Crippen LogP contribution in [0, 0.1) is 5.92 Å². The zero-order chi connectivity index (χ0) is 22.8. The number of rotatable bonds is 6. The van der Waals surface area contributed by atoms with Crippen molar-refractivity contribution in [2.45, 2.75) is 26.1 Å². The van der Waals surface area contributed by atoms with Crippen LogP contribution in [0.1, 0.15) is 19.5 Å². The molecule has 0 aromatic carbocycles. The number of halogens is 3. The van der Waals surface area contributed by atoms with E-state index in [-0.39, 0.29) is 30.7 Å². The van der Waals surface area contributed by atoms with Crippen molar-refractivity contribution in [3.05, 3.63) is 42.5 Å². The highest BCUT2D eigenvalue weighted by atomic mass is 19.4. The Bertz CT molecular complexity index is 950. The van der Waals surface area contributed by atoms with Gasteiger partial charge in [0.25, 0.3) is 0 Å². The van der Waals surface area contributed by atoms with Gasteiger partial charge in [-0.15, -0.1) is 0 Å². The van der Waals surface area contributed by atoms with Gasteiger partial charge in [-0.05, 0) is 18.1 Å². The largest absolute Gasteiger partial charge is 0.495 e. The predicted molar refractivity (Wildman–Crippen MR) is 107 cm³/mol. The Morgan fingerprint density at radius 2 is 2.03 bits per heavy atom. The van der Waals surface area contributed by atoms with Crippen molar-refractivity contribution in [2.24, 2.45) is 5.92 Å². The van der Waals surface area contributed by atoms with Crippen LogP contribution in [0.3, 0.4) is 0 Å². The molecule has 2 aromatic heterocycles. The molecule has 1 fully saturated rings. The van der Waals surface area contributed by atoms with Gasteiger partial charge < -0.3 is 15.0 Å². The summed E-state index contributed by atoms with van der Waals surface area (Å²) in [5.74, 6) is 0.0557. The van der Waals surface area contributed by atoms with Crippen LogP contribution >= 0.6 is 0 Å². The normalized spacial score (nSPS) is 16.7. The molecule has 3 rings (SSSR count). The first-order chi connectivity index (χ1) is 14.6. The molecule has 0 unspecified atom stereocenters. The number of methoxy groups -OCH3 is 1. The quantitative estimate of drug-likeness (QED) is 0.749. The molecule has 0 saturated carbocycles. The number of aromatic nitrogens is 2. The second-order valence-corrected chi connectivity index (χ2v) is 7.39. The van der Waals surface area contributed by atoms with Crippen molar-refractivity contribution in [2.75, 3.05) is 30.4 Å². The molecule has 1 N–H and O–H groups in total. The molecule has 11 heteroatoms. The molecule has 1 aliphatic rings. The lowest BCUT2D eigenvalue weighted by atomic mass is 10.0. The van der Waals surface area contributed by atoms with Crippen LogP contribution in [0.25, 0.3) is 0 Å². The number of pyridine rings is 2. The Balaban J connectivity index is 1.75. The fraction of sp³-hybridized carbons (Fsp3) is 0.400. The number of urea groups is 1. The Kier molecular flexibility index (Phi) is 6.32. The highest BCUT2D eigenvalue weighted by Crippen LogP contribution is 2.31. The van der Waals surface area contributed by atoms with E-state index in [1.807, 2.05) is 13.8 Å². The first kappa shape index (κ1) is 22.3. The summed E-state index contributed by atoms with van der Waals surface area (Å²) < 4.78 is 43.4. The monoisotopic (exact) mass is 437 g/mol. The van der Waals surface area contributed by atoms with Gasteiger partial charge in [0.2, 0.25) is 5.91 Å². The molecule has 2 aromatic rings. The van der Waals surface area contributed by atoms with Crippen LogP contribution in [0.15, 0.2) is 36.8 Å². The summed E-state index contributed by atoms with van der Waals surface area (Å²) in [5, 5.41) is 2.67. The molecule has 3 amide bonds. The van der Waals surface area contributed by atoms with Gasteiger partial charge in [0.1, 0.15) is 18.0 Å². The first-order valence-corrected chi connectivity index (χ1v) is 9.50. The third-order valence-corrected chi connectivity index (χ3v) is 4.91. The van der Waals surface area contributed by atoms with Crippen LogP contribution in [0.5, 0.6) is 5.75 Å². The Morgan fingerprint density at radius 1 is 1.29 bits per heavy atom. The van der Waals surface area contributed by atoms with E-state index in [1.165, 1.54) is 35.4 Å². The van der Waals surface area contributed by atoms with Crippen LogP contribution in [-0.4, -0.2) is 53.0 Å². The van der Waals surface area contributed by atoms with Gasteiger partial charge in [-0.25, -0.2) is 9.78 Å². The summed E-state index contributed by atoms with van der Waals surface area (Å²) >= 11 is 0. The molecule has 8 nitrogen and oxygen atoms in total. The molecule has 3 heterocycles. The third kappa shape index (κ3) is 5.04. The van der Waals surface area contributed by atoms with Gasteiger partial charge in [0.05, 0.1) is 43.1 Å². The highest BCUT2D eigenvalue weighted by Gasteiger charge is 2.41. The fourth-order valence-electron chi connectivity index (χ4n) is 3.30. The van der Waals surface area contributed by atoms with Gasteiger partial charge in [-0.2, -0.15) is 13.2 Å². The standard InChI is InChI=1S/C20H22F3N5O3/c1-12(2)16-10-27(14-4-5-17(25-8-14)20(21,22)23)19(30)28(16)11-18(29)26-13-6-15(31-3)9-24-7-13/h4-9,12,16H,10-11H2,1-3H3,(H,26,29)/t16-/m1/s1. The average molecular weight is 437 g/mol. The number of anilines is 2. The van der Waals surface area contributed by atoms with Crippen molar-refractivity contribution in [3.8, 4) is 5.75 Å². The van der Waals surface area contributed by atoms with Crippen molar-refractivity contribution >= 4 is 23.3 Å². The maximum absolute atomic E-state index is 13.0. The number of carbonyl (C=O) groups excluding carboxylic acids is 2. The fourth-order valence-corrected chi connectivity index (χ4v) is 3.30. The Hall–Kier alpha value is -3.37. The molecule has 0 radical (unpaired) electrons. The summed E-state index contributed by atoms with van der Waals surface area (Å²) in [6.45, 7) is 3.83. The number of nitrogens with one attached hydrogen (secondary N) is 1. The molecule has 1 atom stereocenters. The molecule has 0 aliphatic carbocycles. The molecule has 1 saturated heterocycles. The van der Waals surface area contributed by atoms with Gasteiger partial charge >= 0.3 is 12.2 Å². The zero-order valence-corrected chi connectivity index (χ0v) is 17.2. The van der Waals surface area contributed by atoms with Crippen molar-refractivity contribution in [3.63, 3.8) is 0 Å². The molecule has 166 valence electrons. The van der Waals surface area contributed by atoms with Crippen molar-refractivity contribution in [1.82, 2.24) is 14.9 Å². The number of alkyl halides is 3. The zero-order valence-electron chi connectivity index (χ0n) is 17.2. The number of ether oxygens (including phenoxy) is 1. The number of nitrogens with zero attached hydrogens (tertiary/aromatic N) is 4. The van der Waals surface area contributed by atoms with E-state index < -0.39 is 23.8 Å². The Labute approximate surface area is 177 Å². The van der Waals surface area contributed by atoms with E-state index >= 15 is 0 Å². The van der Waals surface area contributed by atoms with E-state index in [1.54, 1.807) is 6.07 Å².